The van der Waals surface area contributed by atoms with Crippen LogP contribution in [-0.4, -0.2) is 26.3 Å². The van der Waals surface area contributed by atoms with Crippen molar-refractivity contribution in [1.82, 2.24) is 19.9 Å². The molecule has 2 amide bonds. The smallest absolute Gasteiger partial charge is 0.257 e. The molecule has 2 aromatic carbocycles. The molecule has 0 bridgehead atoms. The van der Waals surface area contributed by atoms with E-state index in [0.29, 0.717) is 29.5 Å². The van der Waals surface area contributed by atoms with Gasteiger partial charge in [-0.25, -0.2) is 9.97 Å². The van der Waals surface area contributed by atoms with Gasteiger partial charge in [0.05, 0.1) is 18.4 Å². The van der Waals surface area contributed by atoms with E-state index < -0.39 is 0 Å². The van der Waals surface area contributed by atoms with Gasteiger partial charge in [0.25, 0.3) is 5.91 Å². The van der Waals surface area contributed by atoms with Crippen LogP contribution in [0.1, 0.15) is 27.2 Å². The first kappa shape index (κ1) is 20.5. The van der Waals surface area contributed by atoms with Gasteiger partial charge in [-0.15, -0.1) is 11.3 Å². The number of carbonyl (C=O) groups excluding carboxylic acids is 2. The molecule has 2 N–H and O–H groups in total. The number of imidazole rings is 1. The van der Waals surface area contributed by atoms with Crippen molar-refractivity contribution >= 4 is 28.3 Å². The molecule has 4 rings (SSSR count). The van der Waals surface area contributed by atoms with Gasteiger partial charge in [0.2, 0.25) is 5.91 Å². The Labute approximate surface area is 183 Å². The van der Waals surface area contributed by atoms with Gasteiger partial charge in [0.1, 0.15) is 0 Å². The lowest BCUT2D eigenvalue weighted by molar-refractivity contribution is -0.120. The average Bonchev–Trinajstić information content (AvgIpc) is 3.46. The molecule has 0 atom stereocenters. The standard InChI is InChI=1S/C23H21N5O2S/c29-21(25-13-18-8-4-5-9-19(18)14-28-11-10-24-16-28)12-20-15-31-23(26-20)27-22(30)17-6-2-1-3-7-17/h1-11,15-16H,12-14H2,(H,25,29)(H,26,27,30). The molecule has 0 radical (unpaired) electrons. The molecule has 0 fully saturated rings. The minimum Gasteiger partial charge on any atom is -0.352 e. The lowest BCUT2D eigenvalue weighted by Gasteiger charge is -2.11. The van der Waals surface area contributed by atoms with Gasteiger partial charge >= 0.3 is 0 Å². The number of rotatable bonds is 8. The number of amides is 2. The number of carbonyl (C=O) groups is 2. The van der Waals surface area contributed by atoms with Crippen molar-refractivity contribution in [3.63, 3.8) is 0 Å². The molecular weight excluding hydrogens is 410 g/mol. The molecular formula is C23H21N5O2S. The normalized spacial score (nSPS) is 10.6. The fourth-order valence-electron chi connectivity index (χ4n) is 3.09. The van der Waals surface area contributed by atoms with E-state index in [2.05, 4.69) is 20.6 Å². The van der Waals surface area contributed by atoms with E-state index in [0.717, 1.165) is 11.1 Å². The summed E-state index contributed by atoms with van der Waals surface area (Å²) >= 11 is 1.30. The lowest BCUT2D eigenvalue weighted by Crippen LogP contribution is -2.25. The van der Waals surface area contributed by atoms with Crippen LogP contribution in [0.25, 0.3) is 0 Å². The van der Waals surface area contributed by atoms with Crippen molar-refractivity contribution < 1.29 is 9.59 Å². The van der Waals surface area contributed by atoms with Crippen LogP contribution in [0.4, 0.5) is 5.13 Å². The number of anilines is 1. The summed E-state index contributed by atoms with van der Waals surface area (Å²) in [4.78, 5) is 33.1. The lowest BCUT2D eigenvalue weighted by atomic mass is 10.1. The molecule has 0 unspecified atom stereocenters. The third-order valence-corrected chi connectivity index (χ3v) is 5.46. The minimum absolute atomic E-state index is 0.122. The Balaban J connectivity index is 1.31. The second-order valence-corrected chi connectivity index (χ2v) is 7.78. The van der Waals surface area contributed by atoms with Crippen molar-refractivity contribution in [2.75, 3.05) is 5.32 Å². The Morgan fingerprint density at radius 2 is 1.77 bits per heavy atom. The van der Waals surface area contributed by atoms with Gasteiger partial charge < -0.3 is 9.88 Å². The maximum Gasteiger partial charge on any atom is 0.257 e. The van der Waals surface area contributed by atoms with Crippen LogP contribution < -0.4 is 10.6 Å². The van der Waals surface area contributed by atoms with Crippen molar-refractivity contribution in [1.29, 1.82) is 0 Å². The average molecular weight is 432 g/mol. The summed E-state index contributed by atoms with van der Waals surface area (Å²) in [5, 5.41) is 7.98. The summed E-state index contributed by atoms with van der Waals surface area (Å²) < 4.78 is 1.99. The summed E-state index contributed by atoms with van der Waals surface area (Å²) in [7, 11) is 0. The van der Waals surface area contributed by atoms with E-state index in [-0.39, 0.29) is 18.2 Å². The molecule has 31 heavy (non-hydrogen) atoms. The Hall–Kier alpha value is -3.78. The van der Waals surface area contributed by atoms with Crippen LogP contribution in [0.5, 0.6) is 0 Å². The minimum atomic E-state index is -0.222. The van der Waals surface area contributed by atoms with Gasteiger partial charge in [-0.05, 0) is 23.3 Å². The summed E-state index contributed by atoms with van der Waals surface area (Å²) in [5.41, 5.74) is 3.36. The Bertz CT molecular complexity index is 1160. The van der Waals surface area contributed by atoms with Crippen LogP contribution in [0.3, 0.4) is 0 Å². The zero-order valence-electron chi connectivity index (χ0n) is 16.7. The number of hydrogen-bond donors (Lipinski definition) is 2. The van der Waals surface area contributed by atoms with Gasteiger partial charge in [-0.3, -0.25) is 14.9 Å². The van der Waals surface area contributed by atoms with Crippen LogP contribution >= 0.6 is 11.3 Å². The molecule has 0 aliphatic carbocycles. The Morgan fingerprint density at radius 1 is 1.00 bits per heavy atom. The highest BCUT2D eigenvalue weighted by molar-refractivity contribution is 7.14. The maximum atomic E-state index is 12.4. The zero-order chi connectivity index (χ0) is 21.5. The number of nitrogens with one attached hydrogen (secondary N) is 2. The van der Waals surface area contributed by atoms with Crippen molar-refractivity contribution in [2.24, 2.45) is 0 Å². The summed E-state index contributed by atoms with van der Waals surface area (Å²) in [6.07, 6.45) is 5.58. The molecule has 0 aliphatic heterocycles. The van der Waals surface area contributed by atoms with E-state index in [1.807, 2.05) is 41.1 Å². The monoisotopic (exact) mass is 431 g/mol. The second kappa shape index (κ2) is 9.82. The molecule has 8 heteroatoms. The van der Waals surface area contributed by atoms with E-state index >= 15 is 0 Å². The molecule has 2 aromatic heterocycles. The van der Waals surface area contributed by atoms with E-state index in [9.17, 15) is 9.59 Å². The number of thiazole rings is 1. The van der Waals surface area contributed by atoms with Crippen LogP contribution in [0, 0.1) is 0 Å². The zero-order valence-corrected chi connectivity index (χ0v) is 17.5. The molecule has 156 valence electrons. The van der Waals surface area contributed by atoms with Gasteiger partial charge in [-0.2, -0.15) is 0 Å². The van der Waals surface area contributed by atoms with E-state index in [4.69, 9.17) is 0 Å². The van der Waals surface area contributed by atoms with Gasteiger partial charge in [-0.1, -0.05) is 42.5 Å². The molecule has 0 saturated carbocycles. The first-order valence-electron chi connectivity index (χ1n) is 9.77. The first-order chi connectivity index (χ1) is 15.2. The topological polar surface area (TPSA) is 88.9 Å². The molecule has 0 saturated heterocycles. The maximum absolute atomic E-state index is 12.4. The predicted octanol–water partition coefficient (Wildman–Crippen LogP) is 3.50. The number of hydrogen-bond acceptors (Lipinski definition) is 5. The number of benzene rings is 2. The SMILES string of the molecule is O=C(Cc1csc(NC(=O)c2ccccc2)n1)NCc1ccccc1Cn1ccnc1. The molecule has 0 spiro atoms. The summed E-state index contributed by atoms with van der Waals surface area (Å²) in [6.45, 7) is 1.13. The number of aromatic nitrogens is 3. The quantitative estimate of drug-likeness (QED) is 0.447. The third-order valence-electron chi connectivity index (χ3n) is 4.66. The predicted molar refractivity (Wildman–Crippen MR) is 120 cm³/mol. The highest BCUT2D eigenvalue weighted by Crippen LogP contribution is 2.17. The highest BCUT2D eigenvalue weighted by Gasteiger charge is 2.12. The van der Waals surface area contributed by atoms with Crippen molar-refractivity contribution in [3.8, 4) is 0 Å². The third kappa shape index (κ3) is 5.64. The van der Waals surface area contributed by atoms with Crippen LogP contribution in [0.15, 0.2) is 78.7 Å². The van der Waals surface area contributed by atoms with Crippen molar-refractivity contribution in [3.05, 3.63) is 101 Å². The second-order valence-electron chi connectivity index (χ2n) is 6.92. The van der Waals surface area contributed by atoms with Crippen LogP contribution in [0.2, 0.25) is 0 Å². The van der Waals surface area contributed by atoms with Crippen molar-refractivity contribution in [2.45, 2.75) is 19.5 Å². The summed E-state index contributed by atoms with van der Waals surface area (Å²) in [6, 6.07) is 16.9. The van der Waals surface area contributed by atoms with Gasteiger partial charge in [0.15, 0.2) is 5.13 Å². The molecule has 2 heterocycles. The molecule has 7 nitrogen and oxygen atoms in total. The fourth-order valence-corrected chi connectivity index (χ4v) is 3.79. The fraction of sp³-hybridized carbons (Fsp3) is 0.130. The van der Waals surface area contributed by atoms with Gasteiger partial charge in [0, 0.05) is 36.4 Å². The largest absolute Gasteiger partial charge is 0.352 e. The highest BCUT2D eigenvalue weighted by atomic mass is 32.1. The molecule has 0 aliphatic rings. The Morgan fingerprint density at radius 3 is 2.55 bits per heavy atom. The molecule has 4 aromatic rings. The first-order valence-corrected chi connectivity index (χ1v) is 10.7. The van der Waals surface area contributed by atoms with E-state index in [1.54, 1.807) is 42.2 Å². The summed E-state index contributed by atoms with van der Waals surface area (Å²) in [5.74, 6) is -0.343. The number of nitrogens with zero attached hydrogens (tertiary/aromatic N) is 3. The Kier molecular flexibility index (Phi) is 6.49. The van der Waals surface area contributed by atoms with E-state index in [1.165, 1.54) is 11.3 Å². The van der Waals surface area contributed by atoms with Crippen LogP contribution in [-0.2, 0) is 24.3 Å².